The van der Waals surface area contributed by atoms with Crippen LogP contribution in [-0.4, -0.2) is 17.9 Å². The van der Waals surface area contributed by atoms with Gasteiger partial charge in [-0.1, -0.05) is 0 Å². The van der Waals surface area contributed by atoms with Gasteiger partial charge in [-0.05, 0) is 38.3 Å². The third-order valence-electron chi connectivity index (χ3n) is 3.04. The topological polar surface area (TPSA) is 71.3 Å². The summed E-state index contributed by atoms with van der Waals surface area (Å²) in [6, 6.07) is 3.03. The standard InChI is InChI=1S/C13H13F3N2O3/c1-7-5-6-10(21-7)12(20)18-17-9-4-2-3-8(9)11(19)13(14,15)16/h5-6,17H,2-4H2,1H3,(H,18,20). The van der Waals surface area contributed by atoms with Crippen molar-refractivity contribution in [3.8, 4) is 0 Å². The van der Waals surface area contributed by atoms with Gasteiger partial charge in [-0.3, -0.25) is 15.0 Å². The maximum atomic E-state index is 12.4. The van der Waals surface area contributed by atoms with Crippen LogP contribution in [0.5, 0.6) is 0 Å². The van der Waals surface area contributed by atoms with Crippen molar-refractivity contribution in [1.82, 2.24) is 10.9 Å². The van der Waals surface area contributed by atoms with Crippen molar-refractivity contribution < 1.29 is 27.2 Å². The van der Waals surface area contributed by atoms with E-state index < -0.39 is 17.9 Å². The molecule has 21 heavy (non-hydrogen) atoms. The van der Waals surface area contributed by atoms with Crippen LogP contribution in [0.2, 0.25) is 0 Å². The Morgan fingerprint density at radius 2 is 1.95 bits per heavy atom. The summed E-state index contributed by atoms with van der Waals surface area (Å²) in [5, 5.41) is 0. The maximum Gasteiger partial charge on any atom is 0.454 e. The predicted octanol–water partition coefficient (Wildman–Crippen LogP) is 2.39. The van der Waals surface area contributed by atoms with Crippen molar-refractivity contribution in [3.05, 3.63) is 34.9 Å². The van der Waals surface area contributed by atoms with Crippen LogP contribution in [0.4, 0.5) is 13.2 Å². The van der Waals surface area contributed by atoms with E-state index in [4.69, 9.17) is 4.42 Å². The summed E-state index contributed by atoms with van der Waals surface area (Å²) < 4.78 is 42.4. The molecule has 5 nitrogen and oxygen atoms in total. The van der Waals surface area contributed by atoms with Crippen LogP contribution in [0.1, 0.15) is 35.6 Å². The molecule has 1 heterocycles. The number of allylic oxidation sites excluding steroid dienone is 2. The molecule has 0 saturated heterocycles. The number of hydrogen-bond acceptors (Lipinski definition) is 4. The Morgan fingerprint density at radius 1 is 1.24 bits per heavy atom. The molecule has 0 radical (unpaired) electrons. The summed E-state index contributed by atoms with van der Waals surface area (Å²) in [7, 11) is 0. The average Bonchev–Trinajstić information content (AvgIpc) is 3.02. The Balaban J connectivity index is 2.04. The molecule has 1 aromatic heterocycles. The number of Topliss-reactive ketones (excluding diaryl/α,β-unsaturated/α-hetero) is 1. The highest BCUT2D eigenvalue weighted by molar-refractivity contribution is 6.00. The minimum atomic E-state index is -4.91. The summed E-state index contributed by atoms with van der Waals surface area (Å²) in [6.45, 7) is 1.66. The van der Waals surface area contributed by atoms with Crippen LogP contribution in [0.25, 0.3) is 0 Å². The van der Waals surface area contributed by atoms with Gasteiger partial charge in [0.2, 0.25) is 0 Å². The minimum Gasteiger partial charge on any atom is -0.456 e. The number of carbonyl (C=O) groups is 2. The van der Waals surface area contributed by atoms with Crippen LogP contribution in [0, 0.1) is 6.92 Å². The van der Waals surface area contributed by atoms with Gasteiger partial charge in [0.05, 0.1) is 0 Å². The van der Waals surface area contributed by atoms with Crippen molar-refractivity contribution in [2.45, 2.75) is 32.4 Å². The maximum absolute atomic E-state index is 12.4. The van der Waals surface area contributed by atoms with Crippen molar-refractivity contribution in [3.63, 3.8) is 0 Å². The molecule has 0 aliphatic heterocycles. The Bertz CT molecular complexity index is 602. The Kier molecular flexibility index (Phi) is 4.06. The van der Waals surface area contributed by atoms with Gasteiger partial charge in [0, 0.05) is 11.3 Å². The van der Waals surface area contributed by atoms with E-state index in [0.29, 0.717) is 12.2 Å². The number of hydrogen-bond donors (Lipinski definition) is 2. The smallest absolute Gasteiger partial charge is 0.454 e. The fraction of sp³-hybridized carbons (Fsp3) is 0.385. The monoisotopic (exact) mass is 302 g/mol. The first-order valence-corrected chi connectivity index (χ1v) is 6.25. The number of furan rings is 1. The van der Waals surface area contributed by atoms with E-state index in [2.05, 4.69) is 10.9 Å². The molecule has 0 fully saturated rings. The molecule has 2 N–H and O–H groups in total. The van der Waals surface area contributed by atoms with Crippen molar-refractivity contribution in [1.29, 1.82) is 0 Å². The lowest BCUT2D eigenvalue weighted by Gasteiger charge is -2.11. The fourth-order valence-electron chi connectivity index (χ4n) is 2.05. The van der Waals surface area contributed by atoms with E-state index in [0.717, 1.165) is 0 Å². The second-order valence-electron chi connectivity index (χ2n) is 4.63. The van der Waals surface area contributed by atoms with Gasteiger partial charge in [-0.2, -0.15) is 13.2 Å². The minimum absolute atomic E-state index is 0.0299. The van der Waals surface area contributed by atoms with E-state index in [1.807, 2.05) is 0 Å². The van der Waals surface area contributed by atoms with E-state index in [-0.39, 0.29) is 29.9 Å². The molecule has 1 aromatic rings. The Hall–Kier alpha value is -2.25. The van der Waals surface area contributed by atoms with Gasteiger partial charge in [0.15, 0.2) is 5.76 Å². The SMILES string of the molecule is Cc1ccc(C(=O)NNC2=C(C(=O)C(F)(F)F)CCC2)o1. The van der Waals surface area contributed by atoms with Crippen molar-refractivity contribution in [2.24, 2.45) is 0 Å². The highest BCUT2D eigenvalue weighted by Gasteiger charge is 2.42. The van der Waals surface area contributed by atoms with Crippen LogP contribution in [0.15, 0.2) is 27.8 Å². The van der Waals surface area contributed by atoms with Crippen LogP contribution in [0.3, 0.4) is 0 Å². The molecule has 1 aliphatic carbocycles. The molecule has 0 spiro atoms. The van der Waals surface area contributed by atoms with Crippen molar-refractivity contribution >= 4 is 11.7 Å². The van der Waals surface area contributed by atoms with Gasteiger partial charge >= 0.3 is 12.1 Å². The molecular weight excluding hydrogens is 289 g/mol. The molecule has 1 aliphatic rings. The zero-order valence-corrected chi connectivity index (χ0v) is 11.1. The van der Waals surface area contributed by atoms with E-state index in [1.165, 1.54) is 6.07 Å². The summed E-state index contributed by atoms with van der Waals surface area (Å²) >= 11 is 0. The van der Waals surface area contributed by atoms with Crippen LogP contribution in [-0.2, 0) is 4.79 Å². The average molecular weight is 302 g/mol. The largest absolute Gasteiger partial charge is 0.456 e. The molecule has 0 atom stereocenters. The van der Waals surface area contributed by atoms with Crippen LogP contribution >= 0.6 is 0 Å². The van der Waals surface area contributed by atoms with Gasteiger partial charge in [0.25, 0.3) is 5.78 Å². The quantitative estimate of drug-likeness (QED) is 0.838. The van der Waals surface area contributed by atoms with Gasteiger partial charge in [-0.25, -0.2) is 0 Å². The first kappa shape index (κ1) is 15.1. The first-order valence-electron chi connectivity index (χ1n) is 6.25. The number of ketones is 1. The van der Waals surface area contributed by atoms with Crippen LogP contribution < -0.4 is 10.9 Å². The molecule has 8 heteroatoms. The first-order chi connectivity index (χ1) is 9.79. The fourth-order valence-corrected chi connectivity index (χ4v) is 2.05. The molecule has 0 saturated carbocycles. The number of rotatable bonds is 4. The van der Waals surface area contributed by atoms with E-state index >= 15 is 0 Å². The second kappa shape index (κ2) is 5.63. The summed E-state index contributed by atoms with van der Waals surface area (Å²) in [5.41, 5.74) is 4.38. The second-order valence-corrected chi connectivity index (χ2v) is 4.63. The molecule has 0 bridgehead atoms. The molecular formula is C13H13F3N2O3. The van der Waals surface area contributed by atoms with Crippen molar-refractivity contribution in [2.75, 3.05) is 0 Å². The Labute approximate surface area is 118 Å². The number of alkyl halides is 3. The number of carbonyl (C=O) groups excluding carboxylic acids is 2. The lowest BCUT2D eigenvalue weighted by Crippen LogP contribution is -2.37. The number of hydrazine groups is 1. The summed E-state index contributed by atoms with van der Waals surface area (Å²) in [6.07, 6.45) is -4.17. The molecule has 0 unspecified atom stereocenters. The third-order valence-corrected chi connectivity index (χ3v) is 3.04. The number of halogens is 3. The zero-order valence-electron chi connectivity index (χ0n) is 11.1. The molecule has 114 valence electrons. The van der Waals surface area contributed by atoms with E-state index in [1.54, 1.807) is 13.0 Å². The number of aryl methyl sites for hydroxylation is 1. The highest BCUT2D eigenvalue weighted by Crippen LogP contribution is 2.30. The zero-order chi connectivity index (χ0) is 15.6. The molecule has 1 amide bonds. The lowest BCUT2D eigenvalue weighted by atomic mass is 10.1. The number of nitrogens with one attached hydrogen (secondary N) is 2. The van der Waals surface area contributed by atoms with E-state index in [9.17, 15) is 22.8 Å². The molecule has 0 aromatic carbocycles. The predicted molar refractivity (Wildman–Crippen MR) is 66.0 cm³/mol. The van der Waals surface area contributed by atoms with Gasteiger partial charge in [0.1, 0.15) is 5.76 Å². The highest BCUT2D eigenvalue weighted by atomic mass is 19.4. The molecule has 2 rings (SSSR count). The summed E-state index contributed by atoms with van der Waals surface area (Å²) in [4.78, 5) is 22.9. The third kappa shape index (κ3) is 3.45. The number of amides is 1. The van der Waals surface area contributed by atoms with Gasteiger partial charge in [-0.15, -0.1) is 0 Å². The van der Waals surface area contributed by atoms with Gasteiger partial charge < -0.3 is 9.84 Å². The normalized spacial score (nSPS) is 15.2. The summed E-state index contributed by atoms with van der Waals surface area (Å²) in [5.74, 6) is -1.93. The lowest BCUT2D eigenvalue weighted by molar-refractivity contribution is -0.166. The Morgan fingerprint density at radius 3 is 2.52 bits per heavy atom.